The highest BCUT2D eigenvalue weighted by atomic mass is 16.2. The summed E-state index contributed by atoms with van der Waals surface area (Å²) in [6, 6.07) is 9.04. The Bertz CT molecular complexity index is 399. The lowest BCUT2D eigenvalue weighted by molar-refractivity contribution is -0.122. The summed E-state index contributed by atoms with van der Waals surface area (Å²) in [5.74, 6) is 0.227. The lowest BCUT2D eigenvalue weighted by Crippen LogP contribution is -2.35. The van der Waals surface area contributed by atoms with Crippen molar-refractivity contribution < 1.29 is 9.59 Å². The van der Waals surface area contributed by atoms with Crippen molar-refractivity contribution in [2.24, 2.45) is 5.92 Å². The first-order valence-corrected chi connectivity index (χ1v) is 5.88. The third-order valence-electron chi connectivity index (χ3n) is 2.69. The SMILES string of the molecule is O=C(NCCNC(=O)C1CC1)c1ccccc1. The molecule has 17 heavy (non-hydrogen) atoms. The maximum absolute atomic E-state index is 11.6. The quantitative estimate of drug-likeness (QED) is 0.742. The molecule has 0 atom stereocenters. The van der Waals surface area contributed by atoms with Gasteiger partial charge in [-0.3, -0.25) is 9.59 Å². The Labute approximate surface area is 100 Å². The number of hydrogen-bond donors (Lipinski definition) is 2. The molecule has 0 radical (unpaired) electrons. The average molecular weight is 232 g/mol. The van der Waals surface area contributed by atoms with Crippen molar-refractivity contribution in [1.29, 1.82) is 0 Å². The molecule has 1 aliphatic rings. The third kappa shape index (κ3) is 3.59. The minimum atomic E-state index is -0.105. The van der Waals surface area contributed by atoms with Gasteiger partial charge in [0, 0.05) is 24.6 Å². The van der Waals surface area contributed by atoms with Crippen LogP contribution in [0.1, 0.15) is 23.2 Å². The first-order valence-electron chi connectivity index (χ1n) is 5.88. The minimum Gasteiger partial charge on any atom is -0.354 e. The molecule has 4 heteroatoms. The van der Waals surface area contributed by atoms with E-state index in [9.17, 15) is 9.59 Å². The summed E-state index contributed by atoms with van der Waals surface area (Å²) in [7, 11) is 0. The lowest BCUT2D eigenvalue weighted by Gasteiger charge is -2.06. The molecular formula is C13H16N2O2. The van der Waals surface area contributed by atoms with Crippen molar-refractivity contribution in [3.8, 4) is 0 Å². The van der Waals surface area contributed by atoms with Crippen LogP contribution in [0.4, 0.5) is 0 Å². The molecular weight excluding hydrogens is 216 g/mol. The molecule has 90 valence electrons. The predicted octanol–water partition coefficient (Wildman–Crippen LogP) is 0.943. The van der Waals surface area contributed by atoms with Gasteiger partial charge in [-0.15, -0.1) is 0 Å². The van der Waals surface area contributed by atoms with E-state index in [1.807, 2.05) is 18.2 Å². The number of carbonyl (C=O) groups is 2. The number of hydrogen-bond acceptors (Lipinski definition) is 2. The fraction of sp³-hybridized carbons (Fsp3) is 0.385. The predicted molar refractivity (Wildman–Crippen MR) is 64.5 cm³/mol. The van der Waals surface area contributed by atoms with Gasteiger partial charge in [0.05, 0.1) is 0 Å². The van der Waals surface area contributed by atoms with Crippen molar-refractivity contribution in [3.05, 3.63) is 35.9 Å². The van der Waals surface area contributed by atoms with E-state index in [2.05, 4.69) is 10.6 Å². The van der Waals surface area contributed by atoms with Gasteiger partial charge in [0.1, 0.15) is 0 Å². The van der Waals surface area contributed by atoms with Gasteiger partial charge in [-0.25, -0.2) is 0 Å². The normalized spacial score (nSPS) is 14.1. The number of rotatable bonds is 5. The number of carbonyl (C=O) groups excluding carboxylic acids is 2. The third-order valence-corrected chi connectivity index (χ3v) is 2.69. The summed E-state index contributed by atoms with van der Waals surface area (Å²) in [6.45, 7) is 0.958. The molecule has 2 amide bonds. The molecule has 0 bridgehead atoms. The summed E-state index contributed by atoms with van der Waals surface area (Å²) in [5.41, 5.74) is 0.640. The molecule has 0 heterocycles. The number of nitrogens with one attached hydrogen (secondary N) is 2. The van der Waals surface area contributed by atoms with Gasteiger partial charge in [0.15, 0.2) is 0 Å². The number of benzene rings is 1. The second-order valence-electron chi connectivity index (χ2n) is 4.19. The molecule has 0 aromatic heterocycles. The van der Waals surface area contributed by atoms with Crippen LogP contribution in [0.25, 0.3) is 0 Å². The topological polar surface area (TPSA) is 58.2 Å². The summed E-state index contributed by atoms with van der Waals surface area (Å²) >= 11 is 0. The molecule has 0 saturated heterocycles. The smallest absolute Gasteiger partial charge is 0.251 e. The Morgan fingerprint density at radius 2 is 1.71 bits per heavy atom. The second-order valence-corrected chi connectivity index (χ2v) is 4.19. The van der Waals surface area contributed by atoms with Crippen LogP contribution in [0.3, 0.4) is 0 Å². The number of amides is 2. The molecule has 1 fully saturated rings. The van der Waals surface area contributed by atoms with Gasteiger partial charge in [-0.2, -0.15) is 0 Å². The molecule has 4 nitrogen and oxygen atoms in total. The largest absolute Gasteiger partial charge is 0.354 e. The Morgan fingerprint density at radius 3 is 2.35 bits per heavy atom. The average Bonchev–Trinajstić information content (AvgIpc) is 3.19. The molecule has 2 N–H and O–H groups in total. The van der Waals surface area contributed by atoms with E-state index in [-0.39, 0.29) is 17.7 Å². The molecule has 0 unspecified atom stereocenters. The van der Waals surface area contributed by atoms with Gasteiger partial charge in [0.2, 0.25) is 5.91 Å². The van der Waals surface area contributed by atoms with E-state index in [0.717, 1.165) is 12.8 Å². The Morgan fingerprint density at radius 1 is 1.06 bits per heavy atom. The maximum atomic E-state index is 11.6. The molecule has 2 rings (SSSR count). The van der Waals surface area contributed by atoms with Crippen LogP contribution in [0.5, 0.6) is 0 Å². The highest BCUT2D eigenvalue weighted by Gasteiger charge is 2.28. The van der Waals surface area contributed by atoms with Crippen molar-refractivity contribution in [1.82, 2.24) is 10.6 Å². The van der Waals surface area contributed by atoms with Crippen LogP contribution in [0, 0.1) is 5.92 Å². The van der Waals surface area contributed by atoms with Crippen molar-refractivity contribution in [3.63, 3.8) is 0 Å². The van der Waals surface area contributed by atoms with E-state index < -0.39 is 0 Å². The maximum Gasteiger partial charge on any atom is 0.251 e. The molecule has 1 saturated carbocycles. The fourth-order valence-electron chi connectivity index (χ4n) is 1.54. The van der Waals surface area contributed by atoms with E-state index in [1.54, 1.807) is 12.1 Å². The van der Waals surface area contributed by atoms with Crippen LogP contribution >= 0.6 is 0 Å². The zero-order chi connectivity index (χ0) is 12.1. The van der Waals surface area contributed by atoms with Gasteiger partial charge in [0.25, 0.3) is 5.91 Å². The molecule has 1 aromatic rings. The summed E-state index contributed by atoms with van der Waals surface area (Å²) < 4.78 is 0. The minimum absolute atomic E-state index is 0.105. The Kier molecular flexibility index (Phi) is 3.75. The molecule has 0 aliphatic heterocycles. The molecule has 0 spiro atoms. The van der Waals surface area contributed by atoms with E-state index in [1.165, 1.54) is 0 Å². The Balaban J connectivity index is 1.65. The van der Waals surface area contributed by atoms with E-state index >= 15 is 0 Å². The summed E-state index contributed by atoms with van der Waals surface area (Å²) in [6.07, 6.45) is 2.00. The zero-order valence-electron chi connectivity index (χ0n) is 9.61. The zero-order valence-corrected chi connectivity index (χ0v) is 9.61. The van der Waals surface area contributed by atoms with E-state index in [0.29, 0.717) is 18.7 Å². The lowest BCUT2D eigenvalue weighted by atomic mass is 10.2. The summed E-state index contributed by atoms with van der Waals surface area (Å²) in [5, 5.41) is 5.56. The van der Waals surface area contributed by atoms with Gasteiger partial charge in [-0.1, -0.05) is 18.2 Å². The van der Waals surface area contributed by atoms with Crippen molar-refractivity contribution in [2.45, 2.75) is 12.8 Å². The van der Waals surface area contributed by atoms with Crippen LogP contribution in [0.15, 0.2) is 30.3 Å². The van der Waals surface area contributed by atoms with Crippen molar-refractivity contribution >= 4 is 11.8 Å². The van der Waals surface area contributed by atoms with E-state index in [4.69, 9.17) is 0 Å². The first kappa shape index (κ1) is 11.6. The van der Waals surface area contributed by atoms with Crippen LogP contribution in [-0.2, 0) is 4.79 Å². The van der Waals surface area contributed by atoms with Gasteiger partial charge < -0.3 is 10.6 Å². The molecule has 1 aliphatic carbocycles. The van der Waals surface area contributed by atoms with Crippen LogP contribution in [0.2, 0.25) is 0 Å². The molecule has 1 aromatic carbocycles. The van der Waals surface area contributed by atoms with Crippen molar-refractivity contribution in [2.75, 3.05) is 13.1 Å². The standard InChI is InChI=1S/C13H16N2O2/c16-12(10-4-2-1-3-5-10)14-8-9-15-13(17)11-6-7-11/h1-5,11H,6-9H2,(H,14,16)(H,15,17). The highest BCUT2D eigenvalue weighted by Crippen LogP contribution is 2.28. The highest BCUT2D eigenvalue weighted by molar-refractivity contribution is 5.94. The van der Waals surface area contributed by atoms with Gasteiger partial charge in [-0.05, 0) is 25.0 Å². The summed E-state index contributed by atoms with van der Waals surface area (Å²) in [4.78, 5) is 22.9. The first-order chi connectivity index (χ1) is 8.27. The Hall–Kier alpha value is -1.84. The van der Waals surface area contributed by atoms with Crippen LogP contribution < -0.4 is 10.6 Å². The second kappa shape index (κ2) is 5.48. The van der Waals surface area contributed by atoms with Crippen LogP contribution in [-0.4, -0.2) is 24.9 Å². The fourth-order valence-corrected chi connectivity index (χ4v) is 1.54. The van der Waals surface area contributed by atoms with Gasteiger partial charge >= 0.3 is 0 Å². The monoisotopic (exact) mass is 232 g/mol.